The first-order valence-electron chi connectivity index (χ1n) is 12.7. The topological polar surface area (TPSA) is 142 Å². The maximum Gasteiger partial charge on any atom is 0.260 e. The van der Waals surface area contributed by atoms with Crippen LogP contribution < -0.4 is 38.1 Å². The molecular formula is C28H32ClN9O2. The lowest BCUT2D eigenvalue weighted by atomic mass is 10.0. The molecule has 0 radical (unpaired) electrons. The highest BCUT2D eigenvalue weighted by Crippen LogP contribution is 2.33. The number of fused-ring (bicyclic) bond motifs is 1. The molecule has 0 fully saturated rings. The fourth-order valence-electron chi connectivity index (χ4n) is 4.19. The number of pyridine rings is 1. The molecule has 0 saturated heterocycles. The van der Waals surface area contributed by atoms with Gasteiger partial charge in [-0.1, -0.05) is 6.07 Å². The number of aliphatic imine (C=N–C) groups is 1. The van der Waals surface area contributed by atoms with Crippen LogP contribution in [0, 0.1) is 5.41 Å². The molecule has 4 aromatic rings. The van der Waals surface area contributed by atoms with Crippen molar-refractivity contribution in [1.29, 1.82) is 5.41 Å². The molecule has 3 heterocycles. The van der Waals surface area contributed by atoms with E-state index in [0.717, 1.165) is 36.4 Å². The number of halogens is 1. The van der Waals surface area contributed by atoms with Gasteiger partial charge in [0.1, 0.15) is 19.0 Å². The third kappa shape index (κ3) is 6.68. The molecule has 0 atom stereocenters. The van der Waals surface area contributed by atoms with E-state index in [1.165, 1.54) is 0 Å². The van der Waals surface area contributed by atoms with Gasteiger partial charge in [0, 0.05) is 30.5 Å². The summed E-state index contributed by atoms with van der Waals surface area (Å²) >= 11 is 0. The number of imidazole rings is 1. The molecule has 6 N–H and O–H groups in total. The van der Waals surface area contributed by atoms with Gasteiger partial charge in [-0.05, 0) is 48.6 Å². The van der Waals surface area contributed by atoms with Crippen LogP contribution in [-0.4, -0.2) is 50.5 Å². The Labute approximate surface area is 238 Å². The molecule has 1 aromatic carbocycles. The summed E-state index contributed by atoms with van der Waals surface area (Å²) in [5, 5.41) is 28.8. The highest BCUT2D eigenvalue weighted by atomic mass is 35.5. The summed E-state index contributed by atoms with van der Waals surface area (Å²) in [6, 6.07) is 13.6. The maximum atomic E-state index is 9.20. The third-order valence-corrected chi connectivity index (χ3v) is 6.12. The van der Waals surface area contributed by atoms with E-state index in [4.69, 9.17) is 20.9 Å². The zero-order valence-electron chi connectivity index (χ0n) is 22.1. The van der Waals surface area contributed by atoms with Gasteiger partial charge in [0.25, 0.3) is 5.88 Å². The van der Waals surface area contributed by atoms with Gasteiger partial charge in [-0.25, -0.2) is 18.6 Å². The van der Waals surface area contributed by atoms with Crippen LogP contribution in [0.3, 0.4) is 0 Å². The summed E-state index contributed by atoms with van der Waals surface area (Å²) in [5.41, 5.74) is 11.0. The van der Waals surface area contributed by atoms with Gasteiger partial charge in [-0.15, -0.1) is 5.10 Å². The van der Waals surface area contributed by atoms with E-state index >= 15 is 0 Å². The lowest BCUT2D eigenvalue weighted by molar-refractivity contribution is -0.671. The maximum absolute atomic E-state index is 9.20. The van der Waals surface area contributed by atoms with Crippen molar-refractivity contribution in [1.82, 2.24) is 14.2 Å². The predicted molar refractivity (Wildman–Crippen MR) is 152 cm³/mol. The molecule has 0 aliphatic heterocycles. The molecule has 3 aromatic heterocycles. The van der Waals surface area contributed by atoms with Crippen molar-refractivity contribution in [3.05, 3.63) is 90.9 Å². The molecule has 1 aliphatic carbocycles. The van der Waals surface area contributed by atoms with Crippen molar-refractivity contribution in [2.45, 2.75) is 13.0 Å². The summed E-state index contributed by atoms with van der Waals surface area (Å²) in [6.07, 6.45) is 12.3. The molecule has 0 bridgehead atoms. The quantitative estimate of drug-likeness (QED) is 0.0974. The van der Waals surface area contributed by atoms with E-state index in [9.17, 15) is 5.11 Å². The number of rotatable bonds is 11. The number of aliphatic hydroxyl groups excluding tert-OH is 1. The third-order valence-electron chi connectivity index (χ3n) is 6.12. The average Bonchev–Trinajstić information content (AvgIpc) is 3.51. The predicted octanol–water partition coefficient (Wildman–Crippen LogP) is -0.218. The molecule has 0 amide bonds. The van der Waals surface area contributed by atoms with E-state index in [2.05, 4.69) is 32.8 Å². The molecule has 40 heavy (non-hydrogen) atoms. The van der Waals surface area contributed by atoms with Crippen LogP contribution in [0.2, 0.25) is 0 Å². The monoisotopic (exact) mass is 561 g/mol. The van der Waals surface area contributed by atoms with Gasteiger partial charge < -0.3 is 38.6 Å². The Morgan fingerprint density at radius 2 is 1.93 bits per heavy atom. The van der Waals surface area contributed by atoms with E-state index in [-0.39, 0.29) is 31.3 Å². The van der Waals surface area contributed by atoms with Crippen LogP contribution >= 0.6 is 0 Å². The number of benzene rings is 1. The SMILES string of the molecule is C[n+]1ccn(CCCNc2ccc(NC3=CC(=Nc4c(OCCO)nn5ccccc45)C(N)=CC3=N)cc2)c1.[Cl-]. The smallest absolute Gasteiger partial charge is 0.260 e. The Morgan fingerprint density at radius 1 is 1.12 bits per heavy atom. The minimum Gasteiger partial charge on any atom is -1.00 e. The second kappa shape index (κ2) is 13.0. The van der Waals surface area contributed by atoms with E-state index in [0.29, 0.717) is 28.7 Å². The lowest BCUT2D eigenvalue weighted by Crippen LogP contribution is -3.00. The summed E-state index contributed by atoms with van der Waals surface area (Å²) in [6.45, 7) is 1.77. The van der Waals surface area contributed by atoms with Crippen molar-refractivity contribution >= 4 is 34.0 Å². The minimum atomic E-state index is -0.141. The van der Waals surface area contributed by atoms with Crippen molar-refractivity contribution in [2.24, 2.45) is 17.8 Å². The van der Waals surface area contributed by atoms with Crippen LogP contribution in [0.1, 0.15) is 6.42 Å². The van der Waals surface area contributed by atoms with Gasteiger partial charge in [0.15, 0.2) is 5.69 Å². The number of aromatic nitrogens is 4. The second-order valence-corrected chi connectivity index (χ2v) is 9.12. The van der Waals surface area contributed by atoms with Crippen molar-refractivity contribution in [3.8, 4) is 5.88 Å². The molecule has 12 heteroatoms. The Kier molecular flexibility index (Phi) is 9.20. The van der Waals surface area contributed by atoms with Gasteiger partial charge in [-0.3, -0.25) is 5.41 Å². The Hall–Kier alpha value is -4.61. The minimum absolute atomic E-state index is 0. The number of hydrogen-bond acceptors (Lipinski definition) is 8. The molecule has 0 unspecified atom stereocenters. The summed E-state index contributed by atoms with van der Waals surface area (Å²) in [5.74, 6) is 0.296. The molecule has 5 rings (SSSR count). The number of aryl methyl sites for hydroxylation is 2. The fourth-order valence-corrected chi connectivity index (χ4v) is 4.19. The summed E-state index contributed by atoms with van der Waals surface area (Å²) in [7, 11) is 2.02. The molecule has 11 nitrogen and oxygen atoms in total. The van der Waals surface area contributed by atoms with Gasteiger partial charge in [0.2, 0.25) is 6.33 Å². The fraction of sp³-hybridized carbons (Fsp3) is 0.214. The standard InChI is InChI=1S/C28H32N9O2.ClH/c1-35-13-14-36(19-35)11-4-10-31-20-6-8-21(9-7-20)32-24-18-25(23(30)17-22(24)29)33-27-26-5-2-3-12-37(26)34-28(27)39-16-15-38;/h2-3,5-9,12-14,17-19,29,31-32,38H,4,10-11,15-16,30H2,1H3;1H/q+1;/p-1. The van der Waals surface area contributed by atoms with Crippen LogP contribution in [-0.2, 0) is 13.6 Å². The average molecular weight is 562 g/mol. The number of allylic oxidation sites excluding steroid dienone is 2. The first-order valence-corrected chi connectivity index (χ1v) is 12.7. The van der Waals surface area contributed by atoms with Gasteiger partial charge in [0.05, 0.1) is 48.5 Å². The van der Waals surface area contributed by atoms with Crippen LogP contribution in [0.25, 0.3) is 5.52 Å². The van der Waals surface area contributed by atoms with Crippen LogP contribution in [0.4, 0.5) is 17.1 Å². The van der Waals surface area contributed by atoms with Crippen molar-refractivity contribution < 1.29 is 26.8 Å². The summed E-state index contributed by atoms with van der Waals surface area (Å²) in [4.78, 5) is 4.75. The Bertz CT molecular complexity index is 1570. The normalized spacial score (nSPS) is 14.1. The highest BCUT2D eigenvalue weighted by Gasteiger charge is 2.19. The zero-order chi connectivity index (χ0) is 27.2. The number of hydrogen-bond donors (Lipinski definition) is 5. The van der Waals surface area contributed by atoms with Crippen LogP contribution in [0.5, 0.6) is 5.88 Å². The van der Waals surface area contributed by atoms with E-state index < -0.39 is 0 Å². The molecule has 0 spiro atoms. The van der Waals surface area contributed by atoms with Crippen LogP contribution in [0.15, 0.2) is 95.9 Å². The number of nitrogens with one attached hydrogen (secondary N) is 3. The zero-order valence-corrected chi connectivity index (χ0v) is 22.8. The van der Waals surface area contributed by atoms with Crippen molar-refractivity contribution in [2.75, 3.05) is 30.4 Å². The van der Waals surface area contributed by atoms with Gasteiger partial charge >= 0.3 is 0 Å². The Morgan fingerprint density at radius 3 is 2.67 bits per heavy atom. The first kappa shape index (κ1) is 28.4. The van der Waals surface area contributed by atoms with Crippen molar-refractivity contribution in [3.63, 3.8) is 0 Å². The first-order chi connectivity index (χ1) is 19.0. The molecule has 208 valence electrons. The second-order valence-electron chi connectivity index (χ2n) is 9.12. The highest BCUT2D eigenvalue weighted by molar-refractivity contribution is 6.24. The van der Waals surface area contributed by atoms with Gasteiger partial charge in [-0.2, -0.15) is 0 Å². The molecular weight excluding hydrogens is 530 g/mol. The summed E-state index contributed by atoms with van der Waals surface area (Å²) < 4.78 is 11.5. The number of aliphatic hydroxyl groups is 1. The Balaban J connectivity index is 0.00000370. The number of nitrogens with two attached hydrogens (primary N) is 1. The van der Waals surface area contributed by atoms with E-state index in [1.807, 2.05) is 60.3 Å². The molecule has 0 saturated carbocycles. The number of nitrogens with zero attached hydrogens (tertiary/aromatic N) is 5. The largest absolute Gasteiger partial charge is 1.00 e. The van der Waals surface area contributed by atoms with E-state index in [1.54, 1.807) is 22.9 Å². The number of anilines is 2. The lowest BCUT2D eigenvalue weighted by Gasteiger charge is -2.17. The number of ether oxygens (including phenoxy) is 1. The molecule has 1 aliphatic rings.